The lowest BCUT2D eigenvalue weighted by Gasteiger charge is -2.14. The van der Waals surface area contributed by atoms with Crippen molar-refractivity contribution < 1.29 is 18.0 Å². The third kappa shape index (κ3) is 5.32. The Morgan fingerprint density at radius 2 is 1.62 bits per heavy atom. The van der Waals surface area contributed by atoms with Crippen LogP contribution in [0, 0.1) is 0 Å². The first-order chi connectivity index (χ1) is 11.3. The van der Waals surface area contributed by atoms with Crippen molar-refractivity contribution in [2.24, 2.45) is 0 Å². The van der Waals surface area contributed by atoms with Gasteiger partial charge in [0, 0.05) is 16.6 Å². The Balaban J connectivity index is 1.94. The number of hydrogen-bond acceptors (Lipinski definition) is 1. The van der Waals surface area contributed by atoms with Gasteiger partial charge in [-0.05, 0) is 42.3 Å². The Hall–Kier alpha value is -1.92. The van der Waals surface area contributed by atoms with Crippen LogP contribution in [0.25, 0.3) is 0 Å². The van der Waals surface area contributed by atoms with Gasteiger partial charge in [0.15, 0.2) is 0 Å². The first-order valence-corrected chi connectivity index (χ1v) is 7.67. The van der Waals surface area contributed by atoms with Gasteiger partial charge >= 0.3 is 12.2 Å². The van der Waals surface area contributed by atoms with Crippen LogP contribution in [0.4, 0.5) is 23.7 Å². The van der Waals surface area contributed by atoms with Crippen molar-refractivity contribution in [1.82, 2.24) is 5.32 Å². The topological polar surface area (TPSA) is 41.1 Å². The summed E-state index contributed by atoms with van der Waals surface area (Å²) in [6.07, 6.45) is -4.09. The number of rotatable bonds is 4. The highest BCUT2D eigenvalue weighted by molar-refractivity contribution is 6.31. The summed E-state index contributed by atoms with van der Waals surface area (Å²) in [5, 5.41) is 5.24. The summed E-state index contributed by atoms with van der Waals surface area (Å²) >= 11 is 11.4. The van der Waals surface area contributed by atoms with Crippen molar-refractivity contribution in [3.63, 3.8) is 0 Å². The first kappa shape index (κ1) is 18.4. The average molecular weight is 377 g/mol. The first-order valence-electron chi connectivity index (χ1n) is 6.92. The van der Waals surface area contributed by atoms with Crippen LogP contribution in [0.3, 0.4) is 0 Å². The summed E-state index contributed by atoms with van der Waals surface area (Å²) in [5.41, 5.74) is -0.402. The van der Waals surface area contributed by atoms with Crippen molar-refractivity contribution in [3.8, 4) is 0 Å². The van der Waals surface area contributed by atoms with E-state index in [9.17, 15) is 18.0 Å². The Morgan fingerprint density at radius 3 is 2.25 bits per heavy atom. The minimum absolute atomic E-state index is 0.0592. The highest BCUT2D eigenvalue weighted by Gasteiger charge is 2.34. The summed E-state index contributed by atoms with van der Waals surface area (Å²) in [5.74, 6) is 0. The van der Waals surface area contributed by atoms with E-state index in [1.165, 1.54) is 6.07 Å². The van der Waals surface area contributed by atoms with Crippen LogP contribution >= 0.6 is 23.2 Å². The van der Waals surface area contributed by atoms with E-state index in [1.54, 1.807) is 12.1 Å². The molecule has 0 atom stereocenters. The molecular weight excluding hydrogens is 364 g/mol. The predicted molar refractivity (Wildman–Crippen MR) is 88.6 cm³/mol. The summed E-state index contributed by atoms with van der Waals surface area (Å²) < 4.78 is 38.8. The number of urea groups is 1. The number of carbonyl (C=O) groups excluding carboxylic acids is 1. The Labute approximate surface area is 146 Å². The molecule has 0 bridgehead atoms. The van der Waals surface area contributed by atoms with Crippen LogP contribution in [0.5, 0.6) is 0 Å². The quantitative estimate of drug-likeness (QED) is 0.739. The molecule has 2 amide bonds. The molecule has 8 heteroatoms. The number of hydrogen-bond donors (Lipinski definition) is 2. The summed E-state index contributed by atoms with van der Waals surface area (Å²) in [7, 11) is 0. The largest absolute Gasteiger partial charge is 0.418 e. The van der Waals surface area contributed by atoms with Gasteiger partial charge in [-0.25, -0.2) is 4.79 Å². The molecule has 0 saturated heterocycles. The third-order valence-electron chi connectivity index (χ3n) is 3.15. The van der Waals surface area contributed by atoms with Crippen molar-refractivity contribution >= 4 is 34.9 Å². The predicted octanol–water partition coefficient (Wildman–Crippen LogP) is 5.38. The molecule has 3 nitrogen and oxygen atoms in total. The minimum Gasteiger partial charge on any atom is -0.338 e. The van der Waals surface area contributed by atoms with Gasteiger partial charge in [-0.15, -0.1) is 0 Å². The summed E-state index contributed by atoms with van der Waals surface area (Å²) in [6.45, 7) is 0.266. The van der Waals surface area contributed by atoms with Crippen LogP contribution in [-0.4, -0.2) is 12.6 Å². The number of benzene rings is 2. The highest BCUT2D eigenvalue weighted by Crippen LogP contribution is 2.36. The maximum Gasteiger partial charge on any atom is 0.418 e. The van der Waals surface area contributed by atoms with Gasteiger partial charge < -0.3 is 10.6 Å². The van der Waals surface area contributed by atoms with Crippen molar-refractivity contribution in [3.05, 3.63) is 63.6 Å². The van der Waals surface area contributed by atoms with E-state index in [0.29, 0.717) is 11.4 Å². The van der Waals surface area contributed by atoms with Crippen molar-refractivity contribution in [1.29, 1.82) is 0 Å². The van der Waals surface area contributed by atoms with E-state index in [0.717, 1.165) is 17.7 Å². The van der Waals surface area contributed by atoms with Gasteiger partial charge in [-0.2, -0.15) is 13.2 Å². The molecule has 0 spiro atoms. The standard InChI is InChI=1S/C16H13Cl2F3N2O/c17-11-3-1-10(2-4-11)7-8-22-15(24)23-14-6-5-12(18)9-13(14)16(19,20)21/h1-6,9H,7-8H2,(H2,22,23,24). The van der Waals surface area contributed by atoms with Gasteiger partial charge in [0.1, 0.15) is 0 Å². The average Bonchev–Trinajstić information content (AvgIpc) is 2.50. The van der Waals surface area contributed by atoms with E-state index in [1.807, 2.05) is 12.1 Å². The van der Waals surface area contributed by atoms with E-state index in [-0.39, 0.29) is 17.3 Å². The molecule has 2 N–H and O–H groups in total. The van der Waals surface area contributed by atoms with Gasteiger partial charge in [-0.3, -0.25) is 0 Å². The number of anilines is 1. The number of halogens is 5. The molecule has 24 heavy (non-hydrogen) atoms. The number of carbonyl (C=O) groups is 1. The molecular formula is C16H13Cl2F3N2O. The zero-order valence-corrected chi connectivity index (χ0v) is 13.8. The van der Waals surface area contributed by atoms with Gasteiger partial charge in [0.25, 0.3) is 0 Å². The lowest BCUT2D eigenvalue weighted by molar-refractivity contribution is -0.136. The molecule has 0 aliphatic carbocycles. The second-order valence-electron chi connectivity index (χ2n) is 4.95. The molecule has 2 aromatic rings. The summed E-state index contributed by atoms with van der Waals surface area (Å²) in [4.78, 5) is 11.8. The summed E-state index contributed by atoms with van der Waals surface area (Å²) in [6, 6.07) is 9.50. The van der Waals surface area contributed by atoms with Crippen LogP contribution in [0.15, 0.2) is 42.5 Å². The van der Waals surface area contributed by atoms with Crippen molar-refractivity contribution in [2.75, 3.05) is 11.9 Å². The fourth-order valence-electron chi connectivity index (χ4n) is 2.00. The Kier molecular flexibility index (Phi) is 5.96. The molecule has 0 aliphatic rings. The zero-order valence-electron chi connectivity index (χ0n) is 12.3. The molecule has 0 saturated carbocycles. The molecule has 128 valence electrons. The van der Waals surface area contributed by atoms with E-state index in [2.05, 4.69) is 10.6 Å². The van der Waals surface area contributed by atoms with Crippen LogP contribution in [0.2, 0.25) is 10.0 Å². The van der Waals surface area contributed by atoms with Crippen LogP contribution in [0.1, 0.15) is 11.1 Å². The second kappa shape index (κ2) is 7.77. The normalized spacial score (nSPS) is 11.2. The lowest BCUT2D eigenvalue weighted by atomic mass is 10.1. The molecule has 0 aromatic heterocycles. The molecule has 2 aromatic carbocycles. The molecule has 0 radical (unpaired) electrons. The molecule has 0 unspecified atom stereocenters. The van der Waals surface area contributed by atoms with E-state index >= 15 is 0 Å². The molecule has 0 fully saturated rings. The van der Waals surface area contributed by atoms with E-state index in [4.69, 9.17) is 23.2 Å². The zero-order chi connectivity index (χ0) is 17.7. The van der Waals surface area contributed by atoms with Gasteiger partial charge in [-0.1, -0.05) is 35.3 Å². The monoisotopic (exact) mass is 376 g/mol. The highest BCUT2D eigenvalue weighted by atomic mass is 35.5. The van der Waals surface area contributed by atoms with Gasteiger partial charge in [0.05, 0.1) is 11.3 Å². The van der Waals surface area contributed by atoms with Crippen LogP contribution in [-0.2, 0) is 12.6 Å². The van der Waals surface area contributed by atoms with Gasteiger partial charge in [0.2, 0.25) is 0 Å². The fraction of sp³-hybridized carbons (Fsp3) is 0.188. The fourth-order valence-corrected chi connectivity index (χ4v) is 2.30. The minimum atomic E-state index is -4.61. The maximum atomic E-state index is 12.9. The third-order valence-corrected chi connectivity index (χ3v) is 3.63. The molecule has 0 aliphatic heterocycles. The smallest absolute Gasteiger partial charge is 0.338 e. The second-order valence-corrected chi connectivity index (χ2v) is 5.82. The molecule has 2 rings (SSSR count). The number of nitrogens with one attached hydrogen (secondary N) is 2. The number of amides is 2. The van der Waals surface area contributed by atoms with Crippen molar-refractivity contribution in [2.45, 2.75) is 12.6 Å². The number of alkyl halides is 3. The van der Waals surface area contributed by atoms with E-state index < -0.39 is 17.8 Å². The van der Waals surface area contributed by atoms with Crippen LogP contribution < -0.4 is 10.6 Å². The maximum absolute atomic E-state index is 12.9. The SMILES string of the molecule is O=C(NCCc1ccc(Cl)cc1)Nc1ccc(Cl)cc1C(F)(F)F. The molecule has 0 heterocycles. The Bertz CT molecular complexity index is 718. The lowest BCUT2D eigenvalue weighted by Crippen LogP contribution is -2.31. The Morgan fingerprint density at radius 1 is 1.00 bits per heavy atom.